The van der Waals surface area contributed by atoms with Crippen molar-refractivity contribution < 1.29 is 18.7 Å². The molecular weight excluding hydrogens is 625 g/mol. The summed E-state index contributed by atoms with van der Waals surface area (Å²) in [5.74, 6) is 1.00. The zero-order valence-corrected chi connectivity index (χ0v) is 31.3. The summed E-state index contributed by atoms with van der Waals surface area (Å²) >= 11 is 0. The van der Waals surface area contributed by atoms with Gasteiger partial charge in [0.1, 0.15) is 11.7 Å². The third-order valence-electron chi connectivity index (χ3n) is 9.67. The van der Waals surface area contributed by atoms with Crippen LogP contribution < -0.4 is 10.2 Å². The normalized spacial score (nSPS) is 20.4. The van der Waals surface area contributed by atoms with Gasteiger partial charge in [-0.05, 0) is 69.7 Å². The van der Waals surface area contributed by atoms with Crippen LogP contribution in [0.25, 0.3) is 11.3 Å². The fraction of sp³-hybridized carbons (Fsp3) is 0.571. The highest BCUT2D eigenvalue weighted by atomic mass is 28.4. The van der Waals surface area contributed by atoms with Crippen LogP contribution >= 0.6 is 0 Å². The average molecular weight is 675 g/mol. The molecular formula is C35H50N8O4Si. The average Bonchev–Trinajstić information content (AvgIpc) is 3.51. The number of nitrogens with one attached hydrogen (secondary N) is 1. The Labute approximate surface area is 285 Å². The Morgan fingerprint density at radius 3 is 2.56 bits per heavy atom. The molecule has 1 fully saturated rings. The van der Waals surface area contributed by atoms with E-state index in [0.717, 1.165) is 23.4 Å². The molecule has 2 aliphatic heterocycles. The number of hydrogen-bond acceptors (Lipinski definition) is 10. The van der Waals surface area contributed by atoms with Crippen molar-refractivity contribution in [3.05, 3.63) is 47.3 Å². The van der Waals surface area contributed by atoms with Gasteiger partial charge in [-0.3, -0.25) is 14.5 Å². The lowest BCUT2D eigenvalue weighted by molar-refractivity contribution is 0.00217. The minimum Gasteiger partial charge on any atom is -0.443 e. The Morgan fingerprint density at radius 1 is 1.19 bits per heavy atom. The number of fused-ring (bicyclic) bond motifs is 1. The molecule has 3 aromatic rings. The number of anilines is 3. The van der Waals surface area contributed by atoms with Crippen molar-refractivity contribution in [2.24, 2.45) is 7.05 Å². The first-order chi connectivity index (χ1) is 22.3. The molecule has 0 radical (unpaired) electrons. The van der Waals surface area contributed by atoms with Crippen molar-refractivity contribution in [1.82, 2.24) is 24.6 Å². The van der Waals surface area contributed by atoms with Gasteiger partial charge in [-0.25, -0.2) is 14.8 Å². The molecule has 4 heterocycles. The Kier molecular flexibility index (Phi) is 9.53. The van der Waals surface area contributed by atoms with Crippen molar-refractivity contribution in [1.29, 1.82) is 5.26 Å². The maximum atomic E-state index is 13.6. The quantitative estimate of drug-likeness (QED) is 0.276. The zero-order valence-electron chi connectivity index (χ0n) is 30.3. The minimum atomic E-state index is -2.14. The van der Waals surface area contributed by atoms with E-state index in [1.54, 1.807) is 17.2 Å². The molecule has 1 amide bonds. The highest BCUT2D eigenvalue weighted by Gasteiger charge is 2.47. The van der Waals surface area contributed by atoms with Gasteiger partial charge < -0.3 is 19.2 Å². The molecule has 1 N–H and O–H groups in total. The predicted molar refractivity (Wildman–Crippen MR) is 189 cm³/mol. The minimum absolute atomic E-state index is 0.00808. The first kappa shape index (κ1) is 35.5. The van der Waals surface area contributed by atoms with Gasteiger partial charge in [0.2, 0.25) is 5.95 Å². The van der Waals surface area contributed by atoms with E-state index in [2.05, 4.69) is 74.2 Å². The number of benzene rings is 1. The molecule has 48 heavy (non-hydrogen) atoms. The van der Waals surface area contributed by atoms with E-state index in [-0.39, 0.29) is 11.1 Å². The summed E-state index contributed by atoms with van der Waals surface area (Å²) in [6, 6.07) is 10.1. The van der Waals surface area contributed by atoms with Crippen molar-refractivity contribution in [2.75, 3.05) is 50.2 Å². The van der Waals surface area contributed by atoms with Crippen molar-refractivity contribution in [3.63, 3.8) is 0 Å². The van der Waals surface area contributed by atoms with Gasteiger partial charge in [0.05, 0.1) is 41.9 Å². The lowest BCUT2D eigenvalue weighted by atomic mass is 9.83. The number of likely N-dealkylation sites (N-methyl/N-ethyl adjacent to an activating group) is 1. The Hall–Kier alpha value is -3.83. The third-order valence-corrected chi connectivity index (χ3v) is 14.2. The maximum Gasteiger partial charge on any atom is 0.414 e. The van der Waals surface area contributed by atoms with Crippen molar-refractivity contribution in [2.45, 2.75) is 83.7 Å². The lowest BCUT2D eigenvalue weighted by Crippen LogP contribution is -2.46. The van der Waals surface area contributed by atoms with Gasteiger partial charge >= 0.3 is 6.09 Å². The van der Waals surface area contributed by atoms with Crippen LogP contribution in [-0.4, -0.2) is 84.6 Å². The molecule has 13 heteroatoms. The smallest absolute Gasteiger partial charge is 0.414 e. The van der Waals surface area contributed by atoms with Crippen LogP contribution in [0.5, 0.6) is 0 Å². The monoisotopic (exact) mass is 674 g/mol. The second-order valence-corrected chi connectivity index (χ2v) is 20.6. The Balaban J connectivity index is 1.51. The van der Waals surface area contributed by atoms with Gasteiger partial charge in [0, 0.05) is 50.0 Å². The third kappa shape index (κ3) is 7.27. The molecule has 2 aliphatic rings. The van der Waals surface area contributed by atoms with Crippen LogP contribution in [-0.2, 0) is 26.4 Å². The number of amides is 1. The molecule has 1 saturated heterocycles. The number of carbonyl (C=O) groups excluding carboxylic acids is 1. The number of rotatable bonds is 7. The van der Waals surface area contributed by atoms with Crippen LogP contribution in [0.4, 0.5) is 22.2 Å². The molecule has 258 valence electrons. The summed E-state index contributed by atoms with van der Waals surface area (Å²) in [4.78, 5) is 26.7. The highest BCUT2D eigenvalue weighted by Crippen LogP contribution is 2.47. The van der Waals surface area contributed by atoms with E-state index in [1.165, 1.54) is 0 Å². The van der Waals surface area contributed by atoms with Gasteiger partial charge in [-0.2, -0.15) is 10.4 Å². The summed E-state index contributed by atoms with van der Waals surface area (Å²) in [6.07, 6.45) is 1.20. The predicted octanol–water partition coefficient (Wildman–Crippen LogP) is 6.53. The number of nitrogens with zero attached hydrogens (tertiary/aromatic N) is 7. The maximum absolute atomic E-state index is 13.6. The number of hydrogen-bond donors (Lipinski definition) is 1. The van der Waals surface area contributed by atoms with E-state index < -0.39 is 25.4 Å². The van der Waals surface area contributed by atoms with Gasteiger partial charge in [-0.15, -0.1) is 0 Å². The van der Waals surface area contributed by atoms with Crippen LogP contribution in [0.2, 0.25) is 18.1 Å². The van der Waals surface area contributed by atoms with Gasteiger partial charge in [-0.1, -0.05) is 27.7 Å². The Bertz CT molecular complexity index is 1720. The number of aryl methyl sites for hydroxylation is 1. The Morgan fingerprint density at radius 2 is 1.92 bits per heavy atom. The van der Waals surface area contributed by atoms with E-state index in [0.29, 0.717) is 55.1 Å². The van der Waals surface area contributed by atoms with Crippen LogP contribution in [0.15, 0.2) is 30.5 Å². The summed E-state index contributed by atoms with van der Waals surface area (Å²) in [7, 11) is 1.87. The van der Waals surface area contributed by atoms with Crippen LogP contribution in [0.1, 0.15) is 71.3 Å². The molecule has 1 unspecified atom stereocenters. The van der Waals surface area contributed by atoms with E-state index in [4.69, 9.17) is 18.9 Å². The SMILES string of the molecule is CN1CCOCC1c1cc(Nc2nccc(-c3cc(C#N)c4c(c3)[C@@](C)(CO[Si](C)(C)C(C)(C)C)CN4C(=O)OC(C)(C)C)n2)nn1C. The molecule has 2 atom stereocenters. The molecule has 0 bridgehead atoms. The molecule has 5 rings (SSSR count). The summed E-state index contributed by atoms with van der Waals surface area (Å²) < 4.78 is 20.1. The highest BCUT2D eigenvalue weighted by molar-refractivity contribution is 6.74. The lowest BCUT2D eigenvalue weighted by Gasteiger charge is -2.39. The molecule has 2 aromatic heterocycles. The number of aromatic nitrogens is 4. The number of carbonyl (C=O) groups is 1. The number of nitriles is 1. The number of ether oxygens (including phenoxy) is 2. The van der Waals surface area contributed by atoms with Crippen molar-refractivity contribution in [3.8, 4) is 17.3 Å². The standard InChI is InChI=1S/C35H50N8O4Si/c1-33(2,3)47-32(44)43-21-35(7,22-46-48(10,11)34(4,5)6)25-17-23(16-24(19-36)30(25)43)26-12-13-37-31(38-26)39-29-18-27(42(9)40-29)28-20-45-15-14-41(28)8/h12-13,16-18,28H,14-15,20-22H2,1-11H3,(H,37,38,39,40)/t28?,35-/m1/s1. The number of morpholine rings is 1. The summed E-state index contributed by atoms with van der Waals surface area (Å²) in [6.45, 7) is 21.6. The molecule has 12 nitrogen and oxygen atoms in total. The molecule has 1 aromatic carbocycles. The first-order valence-electron chi connectivity index (χ1n) is 16.5. The van der Waals surface area contributed by atoms with Crippen LogP contribution in [0, 0.1) is 11.3 Å². The summed E-state index contributed by atoms with van der Waals surface area (Å²) in [5.41, 5.74) is 2.88. The van der Waals surface area contributed by atoms with E-state index >= 15 is 0 Å². The van der Waals surface area contributed by atoms with E-state index in [9.17, 15) is 10.1 Å². The fourth-order valence-electron chi connectivity index (χ4n) is 5.83. The molecule has 0 saturated carbocycles. The fourth-order valence-corrected chi connectivity index (χ4v) is 6.94. The largest absolute Gasteiger partial charge is 0.443 e. The van der Waals surface area contributed by atoms with Crippen molar-refractivity contribution >= 4 is 31.9 Å². The van der Waals surface area contributed by atoms with Crippen LogP contribution in [0.3, 0.4) is 0 Å². The van der Waals surface area contributed by atoms with Gasteiger partial charge in [0.15, 0.2) is 14.1 Å². The molecule has 0 aliphatic carbocycles. The zero-order chi connectivity index (χ0) is 35.2. The second-order valence-electron chi connectivity index (χ2n) is 15.7. The van der Waals surface area contributed by atoms with Gasteiger partial charge in [0.25, 0.3) is 0 Å². The summed E-state index contributed by atoms with van der Waals surface area (Å²) in [5, 5.41) is 18.3. The topological polar surface area (TPSA) is 131 Å². The molecule has 0 spiro atoms. The van der Waals surface area contributed by atoms with E-state index in [1.807, 2.05) is 50.7 Å². The first-order valence-corrected chi connectivity index (χ1v) is 19.4. The second kappa shape index (κ2) is 12.9.